The van der Waals surface area contributed by atoms with Gasteiger partial charge in [-0.15, -0.1) is 0 Å². The molecule has 3 aliphatic rings. The van der Waals surface area contributed by atoms with Crippen LogP contribution in [0.3, 0.4) is 0 Å². The van der Waals surface area contributed by atoms with Crippen molar-refractivity contribution in [3.8, 4) is 0 Å². The molecular weight excluding hydrogens is 240 g/mol. The normalized spacial score (nSPS) is 29.5. The molecule has 4 rings (SSSR count). The van der Waals surface area contributed by atoms with Gasteiger partial charge in [-0.25, -0.2) is 0 Å². The minimum atomic E-state index is 0.820. The molecule has 0 heterocycles. The van der Waals surface area contributed by atoms with Gasteiger partial charge in [-0.3, -0.25) is 0 Å². The first-order valence-electron chi connectivity index (χ1n) is 8.40. The first-order valence-corrected chi connectivity index (χ1v) is 8.40. The standard InChI is InChI=1S/C20H24/c1-2-4-7-15(6-3-1)16-10-12-17(13-11-16)19-9-5-8-18-14-20(18)19/h5,8-13,15,18,20H,1-4,6-7,14H2. The Morgan fingerprint density at radius 2 is 1.60 bits per heavy atom. The van der Waals surface area contributed by atoms with E-state index in [-0.39, 0.29) is 0 Å². The molecule has 0 bridgehead atoms. The van der Waals surface area contributed by atoms with E-state index >= 15 is 0 Å². The van der Waals surface area contributed by atoms with Crippen molar-refractivity contribution in [2.75, 3.05) is 0 Å². The van der Waals surface area contributed by atoms with Crippen LogP contribution < -0.4 is 0 Å². The van der Waals surface area contributed by atoms with Gasteiger partial charge in [0.2, 0.25) is 0 Å². The number of hydrogen-bond donors (Lipinski definition) is 0. The molecule has 0 N–H and O–H groups in total. The molecular formula is C20H24. The fraction of sp³-hybridized carbons (Fsp3) is 0.500. The number of benzene rings is 1. The van der Waals surface area contributed by atoms with Crippen LogP contribution in [0.5, 0.6) is 0 Å². The second-order valence-corrected chi connectivity index (χ2v) is 6.82. The quantitative estimate of drug-likeness (QED) is 0.600. The SMILES string of the molecule is C1=CC2CC2C(c2ccc(C3CCCCCC3)cc2)=C1. The monoisotopic (exact) mass is 264 g/mol. The lowest BCUT2D eigenvalue weighted by molar-refractivity contribution is 0.592. The van der Waals surface area contributed by atoms with E-state index in [0.717, 1.165) is 17.8 Å². The highest BCUT2D eigenvalue weighted by atomic mass is 14.4. The van der Waals surface area contributed by atoms with Crippen LogP contribution in [-0.4, -0.2) is 0 Å². The van der Waals surface area contributed by atoms with E-state index in [1.54, 1.807) is 11.1 Å². The van der Waals surface area contributed by atoms with Crippen LogP contribution in [0.4, 0.5) is 0 Å². The summed E-state index contributed by atoms with van der Waals surface area (Å²) in [7, 11) is 0. The molecule has 104 valence electrons. The highest BCUT2D eigenvalue weighted by molar-refractivity contribution is 5.73. The van der Waals surface area contributed by atoms with Gasteiger partial charge in [0.05, 0.1) is 0 Å². The van der Waals surface area contributed by atoms with E-state index in [1.165, 1.54) is 50.5 Å². The number of fused-ring (bicyclic) bond motifs is 1. The van der Waals surface area contributed by atoms with Crippen LogP contribution >= 0.6 is 0 Å². The maximum atomic E-state index is 2.40. The summed E-state index contributed by atoms with van der Waals surface area (Å²) in [4.78, 5) is 0. The van der Waals surface area contributed by atoms with Crippen molar-refractivity contribution in [3.05, 3.63) is 53.6 Å². The Kier molecular flexibility index (Phi) is 3.26. The van der Waals surface area contributed by atoms with Crippen LogP contribution in [0, 0.1) is 11.8 Å². The van der Waals surface area contributed by atoms with E-state index in [2.05, 4.69) is 42.5 Å². The lowest BCUT2D eigenvalue weighted by Gasteiger charge is -2.16. The molecule has 0 aromatic heterocycles. The summed E-state index contributed by atoms with van der Waals surface area (Å²) in [5, 5.41) is 0. The van der Waals surface area contributed by atoms with Gasteiger partial charge in [-0.2, -0.15) is 0 Å². The lowest BCUT2D eigenvalue weighted by atomic mass is 9.89. The van der Waals surface area contributed by atoms with Crippen molar-refractivity contribution < 1.29 is 0 Å². The summed E-state index contributed by atoms with van der Waals surface area (Å²) in [6.07, 6.45) is 16.8. The molecule has 2 unspecified atom stereocenters. The predicted octanol–water partition coefficient (Wildman–Crippen LogP) is 5.71. The van der Waals surface area contributed by atoms with Gasteiger partial charge in [0.1, 0.15) is 0 Å². The Labute approximate surface area is 122 Å². The van der Waals surface area contributed by atoms with Gasteiger partial charge < -0.3 is 0 Å². The molecule has 2 atom stereocenters. The fourth-order valence-electron chi connectivity index (χ4n) is 4.08. The minimum Gasteiger partial charge on any atom is -0.0808 e. The second-order valence-electron chi connectivity index (χ2n) is 6.82. The smallest absolute Gasteiger partial charge is 0.00869 e. The molecule has 1 aromatic rings. The summed E-state index contributed by atoms with van der Waals surface area (Å²) in [6.45, 7) is 0. The number of hydrogen-bond acceptors (Lipinski definition) is 0. The molecule has 0 spiro atoms. The van der Waals surface area contributed by atoms with Crippen molar-refractivity contribution in [1.82, 2.24) is 0 Å². The van der Waals surface area contributed by atoms with Gasteiger partial charge in [0.25, 0.3) is 0 Å². The summed E-state index contributed by atoms with van der Waals surface area (Å²) >= 11 is 0. The van der Waals surface area contributed by atoms with Crippen molar-refractivity contribution in [1.29, 1.82) is 0 Å². The highest BCUT2D eigenvalue weighted by Gasteiger charge is 2.39. The van der Waals surface area contributed by atoms with Crippen molar-refractivity contribution >= 4 is 5.57 Å². The summed E-state index contributed by atoms with van der Waals surface area (Å²) < 4.78 is 0. The lowest BCUT2D eigenvalue weighted by Crippen LogP contribution is -1.98. The third-order valence-electron chi connectivity index (χ3n) is 5.44. The van der Waals surface area contributed by atoms with Crippen LogP contribution in [0.25, 0.3) is 5.57 Å². The van der Waals surface area contributed by atoms with E-state index in [1.807, 2.05) is 0 Å². The van der Waals surface area contributed by atoms with Crippen LogP contribution in [-0.2, 0) is 0 Å². The van der Waals surface area contributed by atoms with Crippen LogP contribution in [0.15, 0.2) is 42.5 Å². The van der Waals surface area contributed by atoms with E-state index in [9.17, 15) is 0 Å². The highest BCUT2D eigenvalue weighted by Crippen LogP contribution is 2.51. The average Bonchev–Trinajstić information content (AvgIpc) is 3.30. The molecule has 0 amide bonds. The Hall–Kier alpha value is -1.30. The topological polar surface area (TPSA) is 0 Å². The maximum absolute atomic E-state index is 2.40. The zero-order valence-electron chi connectivity index (χ0n) is 12.2. The zero-order valence-corrected chi connectivity index (χ0v) is 12.2. The number of rotatable bonds is 2. The Bertz CT molecular complexity index is 524. The minimum absolute atomic E-state index is 0.820. The van der Waals surface area contributed by atoms with Gasteiger partial charge in [-0.1, -0.05) is 68.2 Å². The zero-order chi connectivity index (χ0) is 13.4. The Balaban J connectivity index is 1.53. The Morgan fingerprint density at radius 1 is 0.850 bits per heavy atom. The fourth-order valence-corrected chi connectivity index (χ4v) is 4.08. The molecule has 0 heteroatoms. The van der Waals surface area contributed by atoms with Gasteiger partial charge in [0.15, 0.2) is 0 Å². The maximum Gasteiger partial charge on any atom is -0.00869 e. The Morgan fingerprint density at radius 3 is 2.35 bits per heavy atom. The molecule has 0 aliphatic heterocycles. The van der Waals surface area contributed by atoms with Gasteiger partial charge in [0, 0.05) is 0 Å². The third kappa shape index (κ3) is 2.37. The van der Waals surface area contributed by atoms with E-state index in [4.69, 9.17) is 0 Å². The first-order chi connectivity index (χ1) is 9.92. The van der Waals surface area contributed by atoms with Crippen molar-refractivity contribution in [3.63, 3.8) is 0 Å². The molecule has 2 saturated carbocycles. The van der Waals surface area contributed by atoms with Crippen molar-refractivity contribution in [2.45, 2.75) is 50.9 Å². The first kappa shape index (κ1) is 12.4. The third-order valence-corrected chi connectivity index (χ3v) is 5.44. The molecule has 3 aliphatic carbocycles. The van der Waals surface area contributed by atoms with Crippen molar-refractivity contribution in [2.24, 2.45) is 11.8 Å². The summed E-state index contributed by atoms with van der Waals surface area (Å²) in [5.74, 6) is 2.49. The predicted molar refractivity (Wildman–Crippen MR) is 85.6 cm³/mol. The molecule has 20 heavy (non-hydrogen) atoms. The van der Waals surface area contributed by atoms with E-state index in [0.29, 0.717) is 0 Å². The average molecular weight is 264 g/mol. The largest absolute Gasteiger partial charge is 0.0808 e. The molecule has 0 radical (unpaired) electrons. The molecule has 0 nitrogen and oxygen atoms in total. The molecule has 1 aromatic carbocycles. The van der Waals surface area contributed by atoms with Crippen LogP contribution in [0.2, 0.25) is 0 Å². The molecule has 2 fully saturated rings. The summed E-state index contributed by atoms with van der Waals surface area (Å²) in [5.41, 5.74) is 4.61. The molecule has 0 saturated heterocycles. The van der Waals surface area contributed by atoms with Gasteiger partial charge in [-0.05, 0) is 53.7 Å². The summed E-state index contributed by atoms with van der Waals surface area (Å²) in [6, 6.07) is 9.56. The van der Waals surface area contributed by atoms with Crippen LogP contribution in [0.1, 0.15) is 62.0 Å². The van der Waals surface area contributed by atoms with E-state index < -0.39 is 0 Å². The van der Waals surface area contributed by atoms with Gasteiger partial charge >= 0.3 is 0 Å². The second kappa shape index (κ2) is 5.24. The number of allylic oxidation sites excluding steroid dienone is 4.